The molecule has 5 aromatic rings. The van der Waals surface area contributed by atoms with Crippen molar-refractivity contribution in [2.75, 3.05) is 29.6 Å². The normalized spacial score (nSPS) is 13.3. The molecule has 0 bridgehead atoms. The quantitative estimate of drug-likeness (QED) is 0.0306. The van der Waals surface area contributed by atoms with Crippen molar-refractivity contribution in [1.82, 2.24) is 0 Å². The molecule has 0 saturated carbocycles. The van der Waals surface area contributed by atoms with E-state index in [9.17, 15) is 15.2 Å². The third kappa shape index (κ3) is 12.4. The number of anilines is 3. The summed E-state index contributed by atoms with van der Waals surface area (Å²) in [6.45, 7) is 10.5. The summed E-state index contributed by atoms with van der Waals surface area (Å²) in [5, 5.41) is 19.4. The third-order valence-corrected chi connectivity index (χ3v) is 18.9. The molecular formula is C54H68N2O4S3. The molecule has 2 aromatic heterocycles. The topological polar surface area (TPSA) is 82.8 Å². The fourth-order valence-electron chi connectivity index (χ4n) is 8.41. The highest BCUT2D eigenvalue weighted by molar-refractivity contribution is 8.34. The molecule has 3 aromatic carbocycles. The maximum absolute atomic E-state index is 11.9. The Morgan fingerprint density at radius 2 is 1.06 bits per heavy atom. The number of nitrogens with zero attached hydrogens (tertiary/aromatic N) is 2. The van der Waals surface area contributed by atoms with Crippen LogP contribution < -0.4 is 14.4 Å². The van der Waals surface area contributed by atoms with E-state index in [0.717, 1.165) is 71.0 Å². The van der Waals surface area contributed by atoms with Gasteiger partial charge in [0.1, 0.15) is 23.1 Å². The number of carboxylic acids is 1. The zero-order valence-corrected chi connectivity index (χ0v) is 40.5. The highest BCUT2D eigenvalue weighted by atomic mass is 32.3. The molecule has 9 heteroatoms. The van der Waals surface area contributed by atoms with E-state index in [1.807, 2.05) is 17.4 Å². The van der Waals surface area contributed by atoms with Gasteiger partial charge in [-0.2, -0.15) is 15.3 Å². The van der Waals surface area contributed by atoms with Gasteiger partial charge in [-0.15, -0.1) is 22.7 Å². The number of benzene rings is 3. The highest BCUT2D eigenvalue weighted by Gasteiger charge is 2.41. The van der Waals surface area contributed by atoms with Gasteiger partial charge in [-0.1, -0.05) is 117 Å². The van der Waals surface area contributed by atoms with Gasteiger partial charge in [-0.25, -0.2) is 4.79 Å². The van der Waals surface area contributed by atoms with Crippen LogP contribution in [0.5, 0.6) is 11.5 Å². The third-order valence-electron chi connectivity index (χ3n) is 11.9. The van der Waals surface area contributed by atoms with Crippen LogP contribution >= 0.6 is 32.7 Å². The molecule has 0 amide bonds. The second-order valence-corrected chi connectivity index (χ2v) is 22.3. The van der Waals surface area contributed by atoms with Crippen LogP contribution in [0.25, 0.3) is 26.3 Å². The van der Waals surface area contributed by atoms with Crippen molar-refractivity contribution >= 4 is 61.8 Å². The first-order valence-corrected chi connectivity index (χ1v) is 27.2. The molecule has 0 atom stereocenters. The number of aliphatic carboxylic acids is 1. The molecule has 6 rings (SSSR count). The Morgan fingerprint density at radius 1 is 0.619 bits per heavy atom. The summed E-state index contributed by atoms with van der Waals surface area (Å²) in [5.74, 6) is 2.91. The summed E-state index contributed by atoms with van der Waals surface area (Å²) in [4.78, 5) is 21.9. The molecule has 1 aliphatic rings. The number of unbranched alkanes of at least 4 members (excludes halogenated alkanes) is 12. The van der Waals surface area contributed by atoms with Gasteiger partial charge in [0.2, 0.25) is 0 Å². The number of ether oxygens (including phenoxy) is 2. The largest absolute Gasteiger partial charge is 0.494 e. The van der Waals surface area contributed by atoms with Gasteiger partial charge in [0.15, 0.2) is 0 Å². The van der Waals surface area contributed by atoms with Crippen LogP contribution in [-0.2, 0) is 4.79 Å². The maximum atomic E-state index is 11.9. The minimum absolute atomic E-state index is 0.216. The number of fused-ring (bicyclic) bond motifs is 3. The number of nitriles is 1. The second-order valence-electron chi connectivity index (χ2n) is 16.7. The maximum Gasteiger partial charge on any atom is 0.346 e. The first kappa shape index (κ1) is 48.0. The number of hydrogen-bond donors (Lipinski definition) is 1. The van der Waals surface area contributed by atoms with Crippen LogP contribution in [0.15, 0.2) is 100 Å². The van der Waals surface area contributed by atoms with Crippen molar-refractivity contribution in [1.29, 1.82) is 5.26 Å². The Bertz CT molecular complexity index is 2180. The second kappa shape index (κ2) is 24.5. The van der Waals surface area contributed by atoms with E-state index in [1.54, 1.807) is 17.4 Å². The van der Waals surface area contributed by atoms with Gasteiger partial charge < -0.3 is 19.5 Å². The zero-order valence-electron chi connectivity index (χ0n) is 38.1. The smallest absolute Gasteiger partial charge is 0.346 e. The minimum atomic E-state index is -1.36. The van der Waals surface area contributed by atoms with Gasteiger partial charge in [0.25, 0.3) is 0 Å². The van der Waals surface area contributed by atoms with Crippen molar-refractivity contribution in [2.45, 2.75) is 140 Å². The molecular weight excluding hydrogens is 837 g/mol. The van der Waals surface area contributed by atoms with Crippen LogP contribution in [0.1, 0.15) is 135 Å². The zero-order chi connectivity index (χ0) is 44.4. The molecule has 0 spiro atoms. The molecule has 0 radical (unpaired) electrons. The SMILES string of the molecule is CCCCCCOc1ccc(N(c2ccc(OCCCCCC)cc2)c2ccc(-c3cc4c(s3)-c3sc(C=C(C#N)C(=O)O)cc3S4(CCCCCC)CCCCCC)cc2)cc1. The molecule has 63 heavy (non-hydrogen) atoms. The summed E-state index contributed by atoms with van der Waals surface area (Å²) in [5.41, 5.74) is 4.16. The summed E-state index contributed by atoms with van der Waals surface area (Å²) in [6.07, 6.45) is 20.7. The average Bonchev–Trinajstić information content (AvgIpc) is 3.99. The summed E-state index contributed by atoms with van der Waals surface area (Å²) in [6, 6.07) is 32.6. The molecule has 336 valence electrons. The first-order chi connectivity index (χ1) is 30.8. The van der Waals surface area contributed by atoms with Gasteiger partial charge in [-0.05, 0) is 122 Å². The van der Waals surface area contributed by atoms with E-state index < -0.39 is 16.0 Å². The van der Waals surface area contributed by atoms with Crippen molar-refractivity contribution in [2.24, 2.45) is 0 Å². The van der Waals surface area contributed by atoms with Crippen LogP contribution in [0.4, 0.5) is 17.1 Å². The van der Waals surface area contributed by atoms with Crippen molar-refractivity contribution in [3.63, 3.8) is 0 Å². The van der Waals surface area contributed by atoms with Crippen molar-refractivity contribution < 1.29 is 19.4 Å². The molecule has 0 saturated heterocycles. The number of rotatable bonds is 28. The Morgan fingerprint density at radius 3 is 1.52 bits per heavy atom. The van der Waals surface area contributed by atoms with Gasteiger partial charge in [0, 0.05) is 36.6 Å². The molecule has 0 fully saturated rings. The molecule has 6 nitrogen and oxygen atoms in total. The monoisotopic (exact) mass is 904 g/mol. The fourth-order valence-corrected chi connectivity index (χ4v) is 16.4. The molecule has 0 unspecified atom stereocenters. The summed E-state index contributed by atoms with van der Waals surface area (Å²) < 4.78 is 12.3. The predicted molar refractivity (Wildman–Crippen MR) is 270 cm³/mol. The van der Waals surface area contributed by atoms with E-state index in [0.29, 0.717) is 0 Å². The number of hydrogen-bond acceptors (Lipinski definition) is 7. The Labute approximate surface area is 387 Å². The van der Waals surface area contributed by atoms with Gasteiger partial charge in [-0.3, -0.25) is 0 Å². The highest BCUT2D eigenvalue weighted by Crippen LogP contribution is 2.76. The van der Waals surface area contributed by atoms with Crippen LogP contribution in [0.3, 0.4) is 0 Å². The van der Waals surface area contributed by atoms with Gasteiger partial charge >= 0.3 is 5.97 Å². The average molecular weight is 905 g/mol. The van der Waals surface area contributed by atoms with E-state index in [1.165, 1.54) is 120 Å². The first-order valence-electron chi connectivity index (χ1n) is 23.6. The summed E-state index contributed by atoms with van der Waals surface area (Å²) in [7, 11) is -1.36. The Hall–Kier alpha value is -4.49. The van der Waals surface area contributed by atoms with Crippen molar-refractivity contribution in [3.05, 3.63) is 95.4 Å². The molecule has 0 aliphatic carbocycles. The lowest BCUT2D eigenvalue weighted by Gasteiger charge is -2.37. The van der Waals surface area contributed by atoms with E-state index in [-0.39, 0.29) is 5.57 Å². The molecule has 1 aliphatic heterocycles. The molecule has 1 N–H and O–H groups in total. The lowest BCUT2D eigenvalue weighted by Crippen LogP contribution is -2.10. The van der Waals surface area contributed by atoms with Crippen LogP contribution in [-0.4, -0.2) is 35.8 Å². The predicted octanol–water partition coefficient (Wildman–Crippen LogP) is 17.2. The number of carboxylic acid groups (broad SMARTS) is 1. The Balaban J connectivity index is 1.34. The van der Waals surface area contributed by atoms with Crippen LogP contribution in [0.2, 0.25) is 0 Å². The Kier molecular flexibility index (Phi) is 18.7. The van der Waals surface area contributed by atoms with E-state index >= 15 is 0 Å². The van der Waals surface area contributed by atoms with Crippen molar-refractivity contribution in [3.8, 4) is 37.8 Å². The standard InChI is InChI=1S/C54H68N2O4S3/c1-5-9-13-17-33-59-46-29-25-44(26-30-46)56(45-27-31-47(32-28-45)60-34-18-14-10-6-2)43-23-21-41(22-24-43)49-39-51-53(62-49)52-50(38-48(61-52)37-42(40-55)54(57)58)63(51,35-19-15-11-7-3)36-20-16-12-8-4/h21-32,37-39H,5-20,33-36H2,1-4H3,(H,57,58). The number of thiophene rings is 2. The van der Waals surface area contributed by atoms with E-state index in [4.69, 9.17) is 9.47 Å². The molecule has 3 heterocycles. The lowest BCUT2D eigenvalue weighted by atomic mass is 10.1. The lowest BCUT2D eigenvalue weighted by molar-refractivity contribution is -0.132. The van der Waals surface area contributed by atoms with Crippen LogP contribution in [0, 0.1) is 11.3 Å². The summed E-state index contributed by atoms with van der Waals surface area (Å²) >= 11 is 3.53. The fraction of sp³-hybridized carbons (Fsp3) is 0.444. The number of carbonyl (C=O) groups is 1. The minimum Gasteiger partial charge on any atom is -0.494 e. The van der Waals surface area contributed by atoms with Gasteiger partial charge in [0.05, 0.1) is 23.0 Å². The van der Waals surface area contributed by atoms with E-state index in [2.05, 4.69) is 118 Å².